The third kappa shape index (κ3) is 6.20. The van der Waals surface area contributed by atoms with Crippen LogP contribution >= 0.6 is 0 Å². The van der Waals surface area contributed by atoms with E-state index in [-0.39, 0.29) is 12.2 Å². The van der Waals surface area contributed by atoms with Gasteiger partial charge in [-0.15, -0.1) is 0 Å². The number of carbonyl (C=O) groups excluding carboxylic acids is 2. The Bertz CT molecular complexity index is 1090. The monoisotopic (exact) mass is 480 g/mol. The third-order valence-corrected chi connectivity index (χ3v) is 6.85. The average Bonchev–Trinajstić information content (AvgIpc) is 2.80. The van der Waals surface area contributed by atoms with Crippen LogP contribution in [0.5, 0.6) is 5.75 Å². The molecule has 0 saturated carbocycles. The van der Waals surface area contributed by atoms with Crippen LogP contribution in [-0.4, -0.2) is 70.3 Å². The molecule has 9 nitrogen and oxygen atoms in total. The number of nitrogens with zero attached hydrogens (tertiary/aromatic N) is 3. The first kappa shape index (κ1) is 26.1. The molecule has 0 heterocycles. The molecule has 0 spiro atoms. The second-order valence-corrected chi connectivity index (χ2v) is 9.48. The minimum atomic E-state index is -4.22. The molecule has 2 rings (SSSR count). The molecular weight excluding hydrogens is 451 g/mol. The third-order valence-electron chi connectivity index (χ3n) is 5.04. The lowest BCUT2D eigenvalue weighted by molar-refractivity contribution is -0.139. The van der Waals surface area contributed by atoms with E-state index in [1.165, 1.54) is 58.3 Å². The molecule has 2 amide bonds. The lowest BCUT2D eigenvalue weighted by Gasteiger charge is -2.32. The number of hydrogen-bond acceptors (Lipinski definition) is 5. The van der Waals surface area contributed by atoms with E-state index in [0.29, 0.717) is 15.6 Å². The minimum absolute atomic E-state index is 0.0117. The maximum absolute atomic E-state index is 14.5. The smallest absolute Gasteiger partial charge is 0.304 e. The Kier molecular flexibility index (Phi) is 8.77. The van der Waals surface area contributed by atoms with E-state index >= 15 is 0 Å². The molecule has 2 aromatic rings. The molecule has 1 N–H and O–H groups in total. The number of carbonyl (C=O) groups is 2. The molecule has 0 aromatic heterocycles. The summed E-state index contributed by atoms with van der Waals surface area (Å²) in [5.41, 5.74) is 0.403. The van der Waals surface area contributed by atoms with Gasteiger partial charge in [-0.25, -0.2) is 8.70 Å². The van der Waals surface area contributed by atoms with Crippen LogP contribution in [0.15, 0.2) is 48.5 Å². The van der Waals surface area contributed by atoms with Crippen molar-refractivity contribution in [2.75, 3.05) is 39.1 Å². The van der Waals surface area contributed by atoms with E-state index in [2.05, 4.69) is 5.32 Å². The highest BCUT2D eigenvalue weighted by molar-refractivity contribution is 7.90. The molecule has 11 heteroatoms. The predicted molar refractivity (Wildman–Crippen MR) is 123 cm³/mol. The van der Waals surface area contributed by atoms with E-state index in [1.54, 1.807) is 24.3 Å². The van der Waals surface area contributed by atoms with Crippen LogP contribution in [0, 0.1) is 5.82 Å². The van der Waals surface area contributed by atoms with Crippen LogP contribution in [-0.2, 0) is 26.3 Å². The first-order valence-corrected chi connectivity index (χ1v) is 11.5. The van der Waals surface area contributed by atoms with Crippen molar-refractivity contribution in [2.24, 2.45) is 0 Å². The zero-order chi connectivity index (χ0) is 24.8. The van der Waals surface area contributed by atoms with E-state index in [4.69, 9.17) is 4.74 Å². The topological polar surface area (TPSA) is 99.3 Å². The van der Waals surface area contributed by atoms with Gasteiger partial charge in [-0.1, -0.05) is 24.3 Å². The lowest BCUT2D eigenvalue weighted by atomic mass is 10.1. The fourth-order valence-corrected chi connectivity index (χ4v) is 4.18. The minimum Gasteiger partial charge on any atom is -0.497 e. The first-order chi connectivity index (χ1) is 15.5. The van der Waals surface area contributed by atoms with Crippen LogP contribution in [0.25, 0.3) is 0 Å². The second-order valence-electron chi connectivity index (χ2n) is 7.41. The van der Waals surface area contributed by atoms with Gasteiger partial charge in [0, 0.05) is 27.7 Å². The van der Waals surface area contributed by atoms with Gasteiger partial charge in [-0.05, 0) is 36.8 Å². The Hall–Kier alpha value is -3.18. The summed E-state index contributed by atoms with van der Waals surface area (Å²) in [6.07, 6.45) is 0. The number of rotatable bonds is 10. The van der Waals surface area contributed by atoms with Crippen molar-refractivity contribution in [1.82, 2.24) is 14.5 Å². The van der Waals surface area contributed by atoms with Crippen molar-refractivity contribution in [3.05, 3.63) is 59.9 Å². The van der Waals surface area contributed by atoms with Gasteiger partial charge >= 0.3 is 10.2 Å². The predicted octanol–water partition coefficient (Wildman–Crippen LogP) is 1.61. The maximum atomic E-state index is 14.5. The van der Waals surface area contributed by atoms with E-state index < -0.39 is 40.4 Å². The number of para-hydroxylation sites is 1. The van der Waals surface area contributed by atoms with Crippen molar-refractivity contribution in [1.29, 1.82) is 0 Å². The molecule has 1 atom stereocenters. The van der Waals surface area contributed by atoms with E-state index in [1.807, 2.05) is 0 Å². The number of nitrogens with one attached hydrogen (secondary N) is 1. The van der Waals surface area contributed by atoms with Crippen molar-refractivity contribution in [3.63, 3.8) is 0 Å². The molecule has 0 aliphatic rings. The Morgan fingerprint density at radius 3 is 2.36 bits per heavy atom. The van der Waals surface area contributed by atoms with Gasteiger partial charge in [0.1, 0.15) is 24.2 Å². The number of halogens is 1. The highest BCUT2D eigenvalue weighted by Crippen LogP contribution is 2.24. The molecule has 0 bridgehead atoms. The molecule has 0 unspecified atom stereocenters. The highest BCUT2D eigenvalue weighted by Gasteiger charge is 2.33. The Morgan fingerprint density at radius 2 is 1.79 bits per heavy atom. The molecule has 0 saturated heterocycles. The van der Waals surface area contributed by atoms with E-state index in [0.717, 1.165) is 10.4 Å². The van der Waals surface area contributed by atoms with Gasteiger partial charge in [0.2, 0.25) is 11.8 Å². The van der Waals surface area contributed by atoms with Crippen LogP contribution < -0.4 is 14.4 Å². The number of hydrogen-bond donors (Lipinski definition) is 1. The van der Waals surface area contributed by atoms with Crippen LogP contribution in [0.1, 0.15) is 12.5 Å². The summed E-state index contributed by atoms with van der Waals surface area (Å²) in [4.78, 5) is 27.0. The molecule has 0 aliphatic carbocycles. The van der Waals surface area contributed by atoms with Gasteiger partial charge in [-0.3, -0.25) is 9.59 Å². The summed E-state index contributed by atoms with van der Waals surface area (Å²) >= 11 is 0. The Balaban J connectivity index is 2.47. The number of benzene rings is 2. The van der Waals surface area contributed by atoms with Gasteiger partial charge in [0.25, 0.3) is 0 Å². The van der Waals surface area contributed by atoms with Crippen molar-refractivity contribution < 1.29 is 27.1 Å². The Morgan fingerprint density at radius 1 is 1.12 bits per heavy atom. The average molecular weight is 481 g/mol. The zero-order valence-electron chi connectivity index (χ0n) is 19.3. The van der Waals surface area contributed by atoms with Gasteiger partial charge < -0.3 is 15.0 Å². The Labute approximate surface area is 193 Å². The molecule has 180 valence electrons. The number of methoxy groups -OCH3 is 1. The van der Waals surface area contributed by atoms with Gasteiger partial charge in [-0.2, -0.15) is 12.7 Å². The van der Waals surface area contributed by atoms with Crippen LogP contribution in [0.2, 0.25) is 0 Å². The van der Waals surface area contributed by atoms with Crippen LogP contribution in [0.3, 0.4) is 0 Å². The number of likely N-dealkylation sites (N-methyl/N-ethyl adjacent to an activating group) is 1. The van der Waals surface area contributed by atoms with E-state index in [9.17, 15) is 22.4 Å². The molecular formula is C22H29FN4O5S. The van der Waals surface area contributed by atoms with Crippen LogP contribution in [0.4, 0.5) is 10.1 Å². The molecule has 0 fully saturated rings. The van der Waals surface area contributed by atoms with Gasteiger partial charge in [0.15, 0.2) is 0 Å². The summed E-state index contributed by atoms with van der Waals surface area (Å²) in [6.45, 7) is 0.843. The summed E-state index contributed by atoms with van der Waals surface area (Å²) in [6, 6.07) is 11.3. The molecule has 0 aliphatic heterocycles. The standard InChI is InChI=1S/C22H29FN4O5S/c1-16(22(29)24-2)26(14-17-9-8-10-18(13-17)32-5)21(28)15-27(33(30,31)25(3)4)20-12-7-6-11-19(20)23/h6-13,16H,14-15H2,1-5H3,(H,24,29)/t16-/m0/s1. The molecule has 33 heavy (non-hydrogen) atoms. The summed E-state index contributed by atoms with van der Waals surface area (Å²) in [7, 11) is 1.30. The van der Waals surface area contributed by atoms with Crippen molar-refractivity contribution >= 4 is 27.7 Å². The lowest BCUT2D eigenvalue weighted by Crippen LogP contribution is -2.52. The maximum Gasteiger partial charge on any atom is 0.304 e. The zero-order valence-corrected chi connectivity index (χ0v) is 20.1. The first-order valence-electron chi connectivity index (χ1n) is 10.1. The van der Waals surface area contributed by atoms with Crippen molar-refractivity contribution in [2.45, 2.75) is 19.5 Å². The highest BCUT2D eigenvalue weighted by atomic mass is 32.2. The van der Waals surface area contributed by atoms with Crippen molar-refractivity contribution in [3.8, 4) is 5.75 Å². The number of ether oxygens (including phenoxy) is 1. The quantitative estimate of drug-likeness (QED) is 0.557. The molecule has 0 radical (unpaired) electrons. The SMILES string of the molecule is CNC(=O)[C@H](C)N(Cc1cccc(OC)c1)C(=O)CN(c1ccccc1F)S(=O)(=O)N(C)C. The number of anilines is 1. The fraction of sp³-hybridized carbons (Fsp3) is 0.364. The second kappa shape index (κ2) is 11.1. The molecule has 2 aromatic carbocycles. The summed E-state index contributed by atoms with van der Waals surface area (Å²) < 4.78 is 47.3. The number of amides is 2. The fourth-order valence-electron chi connectivity index (χ4n) is 3.11. The summed E-state index contributed by atoms with van der Waals surface area (Å²) in [5.74, 6) is -1.34. The van der Waals surface area contributed by atoms with Gasteiger partial charge in [0.05, 0.1) is 12.8 Å². The summed E-state index contributed by atoms with van der Waals surface area (Å²) in [5, 5.41) is 2.49. The normalized spacial score (nSPS) is 12.2. The largest absolute Gasteiger partial charge is 0.497 e.